The Morgan fingerprint density at radius 1 is 0.857 bits per heavy atom. The highest BCUT2D eigenvalue weighted by Gasteiger charge is 2.35. The molecule has 0 saturated carbocycles. The quantitative estimate of drug-likeness (QED) is 0.274. The number of amides is 3. The smallest absolute Gasteiger partial charge is 0.326 e. The highest BCUT2D eigenvalue weighted by Crippen LogP contribution is 2.25. The van der Waals surface area contributed by atoms with E-state index in [2.05, 4.69) is 10.3 Å². The molecule has 4 rings (SSSR count). The van der Waals surface area contributed by atoms with Crippen LogP contribution in [0.1, 0.15) is 26.3 Å². The highest BCUT2D eigenvalue weighted by atomic mass is 35.5. The topological polar surface area (TPSA) is 120 Å². The molecule has 3 atom stereocenters. The largest absolute Gasteiger partial charge is 0.480 e. The van der Waals surface area contributed by atoms with Gasteiger partial charge in [0, 0.05) is 30.3 Å². The molecule has 216 valence electrons. The molecule has 1 aromatic heterocycles. The summed E-state index contributed by atoms with van der Waals surface area (Å²) in [5.41, 5.74) is 1.49. The van der Waals surface area contributed by atoms with Gasteiger partial charge in [-0.15, -0.1) is 0 Å². The van der Waals surface area contributed by atoms with Crippen molar-refractivity contribution < 1.29 is 24.3 Å². The molecule has 0 fully saturated rings. The second-order valence-electron chi connectivity index (χ2n) is 9.92. The molecule has 0 saturated heterocycles. The molecule has 4 aromatic rings. The third kappa shape index (κ3) is 6.92. The van der Waals surface area contributed by atoms with Gasteiger partial charge in [-0.05, 0) is 66.6 Å². The molecule has 42 heavy (non-hydrogen) atoms. The predicted octanol–water partition coefficient (Wildman–Crippen LogP) is 4.86. The first-order valence-corrected chi connectivity index (χ1v) is 13.7. The Kier molecular flexibility index (Phi) is 9.54. The van der Waals surface area contributed by atoms with Crippen LogP contribution in [0.3, 0.4) is 0 Å². The zero-order valence-corrected chi connectivity index (χ0v) is 24.2. The summed E-state index contributed by atoms with van der Waals surface area (Å²) < 4.78 is 0. The number of benzene rings is 3. The maximum atomic E-state index is 14.1. The maximum absolute atomic E-state index is 14.1. The first-order chi connectivity index (χ1) is 20.1. The molecule has 0 aliphatic heterocycles. The summed E-state index contributed by atoms with van der Waals surface area (Å²) in [4.78, 5) is 59.1. The Morgan fingerprint density at radius 3 is 2.17 bits per heavy atom. The van der Waals surface area contributed by atoms with Gasteiger partial charge in [-0.3, -0.25) is 24.3 Å². The van der Waals surface area contributed by atoms with Crippen molar-refractivity contribution >= 4 is 57.4 Å². The fraction of sp³-hybridized carbons (Fsp3) is 0.219. The lowest BCUT2D eigenvalue weighted by Gasteiger charge is -2.33. The van der Waals surface area contributed by atoms with Crippen molar-refractivity contribution in [3.8, 4) is 0 Å². The maximum Gasteiger partial charge on any atom is 0.326 e. The van der Waals surface area contributed by atoms with Crippen molar-refractivity contribution in [1.29, 1.82) is 0 Å². The molecule has 9 nitrogen and oxygen atoms in total. The van der Waals surface area contributed by atoms with Crippen molar-refractivity contribution in [1.82, 2.24) is 10.3 Å². The van der Waals surface area contributed by atoms with Crippen molar-refractivity contribution in [2.75, 3.05) is 9.80 Å². The molecule has 0 aliphatic carbocycles. The first-order valence-electron chi connectivity index (χ1n) is 13.4. The van der Waals surface area contributed by atoms with Crippen molar-refractivity contribution in [2.45, 2.75) is 45.3 Å². The second-order valence-corrected chi connectivity index (χ2v) is 10.4. The molecule has 10 heteroatoms. The lowest BCUT2D eigenvalue weighted by Crippen LogP contribution is -2.57. The normalized spacial score (nSPS) is 13.0. The minimum atomic E-state index is -1.25. The van der Waals surface area contributed by atoms with Gasteiger partial charge < -0.3 is 15.3 Å². The average Bonchev–Trinajstić information content (AvgIpc) is 2.98. The molecular formula is C32H31ClN4O5. The SMILES string of the molecule is CC(=O)N(c1ccc2ccccc2c1)[C@H](C)C(=O)N[C@H](Cc1ccc(Cl)cc1)C(=O)N(c1cccnc1)[C@H](C)C(=O)O. The predicted molar refractivity (Wildman–Crippen MR) is 162 cm³/mol. The van der Waals surface area contributed by atoms with E-state index in [0.29, 0.717) is 16.3 Å². The van der Waals surface area contributed by atoms with Crippen molar-refractivity contribution in [3.05, 3.63) is 102 Å². The van der Waals surface area contributed by atoms with E-state index < -0.39 is 35.9 Å². The number of aromatic nitrogens is 1. The molecule has 0 spiro atoms. The molecule has 0 unspecified atom stereocenters. The van der Waals surface area contributed by atoms with E-state index in [9.17, 15) is 24.3 Å². The van der Waals surface area contributed by atoms with Crippen LogP contribution in [0.2, 0.25) is 5.02 Å². The standard InChI is InChI=1S/C32H31ClN4O5/c1-20(36(22(3)38)27-15-12-24-7-4-5-8-25(24)18-27)30(39)35-29(17-23-10-13-26(33)14-11-23)31(40)37(21(2)32(41)42)28-9-6-16-34-19-28/h4-16,18-21,29H,17H2,1-3H3,(H,35,39)(H,41,42)/t20-,21-,29-/m1/s1. The molecule has 0 aliphatic rings. The van der Waals surface area contributed by atoms with Crippen LogP contribution in [0.25, 0.3) is 10.8 Å². The number of carboxylic acid groups (broad SMARTS) is 1. The number of anilines is 2. The molecule has 0 bridgehead atoms. The van der Waals surface area contributed by atoms with E-state index in [0.717, 1.165) is 15.7 Å². The van der Waals surface area contributed by atoms with Gasteiger partial charge >= 0.3 is 5.97 Å². The van der Waals surface area contributed by atoms with Gasteiger partial charge in [-0.2, -0.15) is 0 Å². The first kappa shape index (κ1) is 30.2. The van der Waals surface area contributed by atoms with E-state index in [4.69, 9.17) is 11.6 Å². The second kappa shape index (κ2) is 13.3. The number of hydrogen-bond donors (Lipinski definition) is 2. The van der Waals surface area contributed by atoms with E-state index in [1.807, 2.05) is 36.4 Å². The summed E-state index contributed by atoms with van der Waals surface area (Å²) >= 11 is 6.05. The number of carboxylic acids is 1. The summed E-state index contributed by atoms with van der Waals surface area (Å²) in [6.07, 6.45) is 2.95. The van der Waals surface area contributed by atoms with Crippen LogP contribution in [0.4, 0.5) is 11.4 Å². The van der Waals surface area contributed by atoms with Crippen LogP contribution in [-0.2, 0) is 25.6 Å². The van der Waals surface area contributed by atoms with Gasteiger partial charge in [-0.1, -0.05) is 54.1 Å². The molecule has 0 radical (unpaired) electrons. The number of carbonyl (C=O) groups is 4. The van der Waals surface area contributed by atoms with Crippen LogP contribution < -0.4 is 15.1 Å². The number of nitrogens with one attached hydrogen (secondary N) is 1. The number of pyridine rings is 1. The zero-order chi connectivity index (χ0) is 30.4. The summed E-state index contributed by atoms with van der Waals surface area (Å²) in [5, 5.41) is 15.0. The number of halogens is 1. The van der Waals surface area contributed by atoms with E-state index in [1.54, 1.807) is 49.4 Å². The van der Waals surface area contributed by atoms with Gasteiger partial charge in [0.2, 0.25) is 11.8 Å². The van der Waals surface area contributed by atoms with Crippen molar-refractivity contribution in [3.63, 3.8) is 0 Å². The Labute approximate surface area is 248 Å². The number of nitrogens with zero attached hydrogens (tertiary/aromatic N) is 3. The van der Waals surface area contributed by atoms with Gasteiger partial charge in [0.1, 0.15) is 18.1 Å². The summed E-state index contributed by atoms with van der Waals surface area (Å²) in [7, 11) is 0. The Bertz CT molecular complexity index is 1600. The molecule has 3 amide bonds. The van der Waals surface area contributed by atoms with Gasteiger partial charge in [0.15, 0.2) is 0 Å². The Hall–Kier alpha value is -4.76. The van der Waals surface area contributed by atoms with Crippen LogP contribution in [0.5, 0.6) is 0 Å². The molecule has 3 aromatic carbocycles. The molecular weight excluding hydrogens is 556 g/mol. The number of rotatable bonds is 10. The fourth-order valence-corrected chi connectivity index (χ4v) is 4.91. The highest BCUT2D eigenvalue weighted by molar-refractivity contribution is 6.30. The average molecular weight is 587 g/mol. The van der Waals surface area contributed by atoms with E-state index in [-0.39, 0.29) is 18.0 Å². The van der Waals surface area contributed by atoms with Crippen LogP contribution in [0.15, 0.2) is 91.3 Å². The number of carbonyl (C=O) groups excluding carboxylic acids is 3. The molecule has 1 heterocycles. The van der Waals surface area contributed by atoms with Crippen LogP contribution >= 0.6 is 11.6 Å². The molecule has 2 N–H and O–H groups in total. The van der Waals surface area contributed by atoms with Crippen molar-refractivity contribution in [2.24, 2.45) is 0 Å². The fourth-order valence-electron chi connectivity index (χ4n) is 4.79. The zero-order valence-electron chi connectivity index (χ0n) is 23.4. The van der Waals surface area contributed by atoms with E-state index >= 15 is 0 Å². The van der Waals surface area contributed by atoms with Crippen LogP contribution in [0, 0.1) is 0 Å². The van der Waals surface area contributed by atoms with Crippen LogP contribution in [-0.4, -0.2) is 51.9 Å². The third-order valence-electron chi connectivity index (χ3n) is 6.99. The number of aliphatic carboxylic acids is 1. The monoisotopic (exact) mass is 586 g/mol. The Morgan fingerprint density at radius 2 is 1.55 bits per heavy atom. The van der Waals surface area contributed by atoms with Gasteiger partial charge in [-0.25, -0.2) is 4.79 Å². The third-order valence-corrected chi connectivity index (χ3v) is 7.24. The lowest BCUT2D eigenvalue weighted by molar-refractivity contribution is -0.140. The minimum absolute atomic E-state index is 0.0492. The Balaban J connectivity index is 1.68. The summed E-state index contributed by atoms with van der Waals surface area (Å²) in [5.74, 6) is -2.81. The van der Waals surface area contributed by atoms with Gasteiger partial charge in [0.25, 0.3) is 5.91 Å². The minimum Gasteiger partial charge on any atom is -0.480 e. The summed E-state index contributed by atoms with van der Waals surface area (Å²) in [6.45, 7) is 4.33. The van der Waals surface area contributed by atoms with Gasteiger partial charge in [0.05, 0.1) is 11.9 Å². The van der Waals surface area contributed by atoms with E-state index in [1.165, 1.54) is 31.1 Å². The number of fused-ring (bicyclic) bond motifs is 1. The number of hydrogen-bond acceptors (Lipinski definition) is 5. The summed E-state index contributed by atoms with van der Waals surface area (Å²) in [6, 6.07) is 19.7. The lowest BCUT2D eigenvalue weighted by atomic mass is 10.0.